The van der Waals surface area contributed by atoms with Crippen LogP contribution >= 0.6 is 23.1 Å². The molecule has 1 aliphatic heterocycles. The molecular weight excluding hydrogens is 448 g/mol. The molecule has 5 rings (SSSR count). The molecule has 4 nitrogen and oxygen atoms in total. The van der Waals surface area contributed by atoms with E-state index in [1.807, 2.05) is 49.4 Å². The van der Waals surface area contributed by atoms with Gasteiger partial charge in [-0.05, 0) is 49.6 Å². The van der Waals surface area contributed by atoms with E-state index in [2.05, 4.69) is 38.1 Å². The number of aryl methyl sites for hydroxylation is 1. The average molecular weight is 475 g/mol. The molecule has 168 valence electrons. The van der Waals surface area contributed by atoms with Gasteiger partial charge in [-0.1, -0.05) is 66.4 Å². The maximum absolute atomic E-state index is 13.9. The summed E-state index contributed by atoms with van der Waals surface area (Å²) < 4.78 is 7.79. The molecule has 0 saturated carbocycles. The summed E-state index contributed by atoms with van der Waals surface area (Å²) in [5.74, 6) is 0.722. The average Bonchev–Trinajstić information content (AvgIpc) is 3.14. The predicted octanol–water partition coefficient (Wildman–Crippen LogP) is 6.41. The molecule has 0 atom stereocenters. The molecule has 1 aliphatic rings. The number of thiophene rings is 1. The molecule has 0 N–H and O–H groups in total. The highest BCUT2D eigenvalue weighted by Crippen LogP contribution is 2.38. The number of aromatic nitrogens is 2. The summed E-state index contributed by atoms with van der Waals surface area (Å²) in [6, 6.07) is 18.3. The molecule has 0 saturated heterocycles. The van der Waals surface area contributed by atoms with Crippen LogP contribution in [-0.2, 0) is 17.8 Å². The predicted molar refractivity (Wildman–Crippen MR) is 139 cm³/mol. The summed E-state index contributed by atoms with van der Waals surface area (Å²) in [6.45, 7) is 6.74. The Labute approximate surface area is 202 Å². The van der Waals surface area contributed by atoms with Crippen molar-refractivity contribution in [2.75, 3.05) is 5.75 Å². The molecule has 2 aromatic carbocycles. The maximum atomic E-state index is 13.9. The number of ether oxygens (including phenoxy) is 1. The van der Waals surface area contributed by atoms with Gasteiger partial charge in [-0.2, -0.15) is 0 Å². The van der Waals surface area contributed by atoms with E-state index in [-0.39, 0.29) is 11.2 Å². The lowest BCUT2D eigenvalue weighted by molar-refractivity contribution is -0.0379. The fourth-order valence-electron chi connectivity index (χ4n) is 4.14. The highest BCUT2D eigenvalue weighted by Gasteiger charge is 2.31. The first-order valence-electron chi connectivity index (χ1n) is 11.0. The van der Waals surface area contributed by atoms with Crippen LogP contribution in [0.1, 0.15) is 35.4 Å². The number of rotatable bonds is 5. The number of benzene rings is 2. The number of nitrogens with zero attached hydrogens (tertiary/aromatic N) is 2. The Bertz CT molecular complexity index is 1400. The van der Waals surface area contributed by atoms with E-state index < -0.39 is 0 Å². The molecule has 2 aromatic heterocycles. The molecule has 6 heteroatoms. The Morgan fingerprint density at radius 2 is 2.00 bits per heavy atom. The van der Waals surface area contributed by atoms with Crippen LogP contribution in [0.15, 0.2) is 70.6 Å². The Morgan fingerprint density at radius 1 is 1.18 bits per heavy atom. The van der Waals surface area contributed by atoms with Gasteiger partial charge in [0, 0.05) is 17.1 Å². The zero-order chi connectivity index (χ0) is 23.0. The first kappa shape index (κ1) is 22.1. The Kier molecular flexibility index (Phi) is 5.99. The second kappa shape index (κ2) is 8.93. The van der Waals surface area contributed by atoms with Crippen molar-refractivity contribution in [2.24, 2.45) is 0 Å². The monoisotopic (exact) mass is 474 g/mol. The Balaban J connectivity index is 1.59. The molecule has 0 amide bonds. The molecule has 33 heavy (non-hydrogen) atoms. The van der Waals surface area contributed by atoms with E-state index in [1.54, 1.807) is 27.7 Å². The van der Waals surface area contributed by atoms with Crippen molar-refractivity contribution in [3.8, 4) is 5.69 Å². The largest absolute Gasteiger partial charge is 0.370 e. The third kappa shape index (κ3) is 4.56. The van der Waals surface area contributed by atoms with E-state index in [1.165, 1.54) is 0 Å². The summed E-state index contributed by atoms with van der Waals surface area (Å²) in [5.41, 5.74) is 3.96. The quantitative estimate of drug-likeness (QED) is 0.248. The van der Waals surface area contributed by atoms with Crippen LogP contribution in [0.3, 0.4) is 0 Å². The molecule has 3 heterocycles. The minimum absolute atomic E-state index is 0.00957. The van der Waals surface area contributed by atoms with Crippen LogP contribution in [0.5, 0.6) is 0 Å². The fraction of sp³-hybridized carbons (Fsp3) is 0.259. The van der Waals surface area contributed by atoms with E-state index in [0.29, 0.717) is 6.61 Å². The summed E-state index contributed by atoms with van der Waals surface area (Å²) in [4.78, 5) is 20.8. The van der Waals surface area contributed by atoms with Crippen molar-refractivity contribution in [1.29, 1.82) is 0 Å². The van der Waals surface area contributed by atoms with Crippen molar-refractivity contribution >= 4 is 39.4 Å². The molecule has 0 spiro atoms. The zero-order valence-electron chi connectivity index (χ0n) is 19.0. The smallest absolute Gasteiger partial charge is 0.267 e. The number of thioether (sulfide) groups is 1. The third-order valence-corrected chi connectivity index (χ3v) is 7.74. The minimum atomic E-state index is -0.280. The number of hydrogen-bond donors (Lipinski definition) is 0. The highest BCUT2D eigenvalue weighted by atomic mass is 32.2. The second-order valence-corrected chi connectivity index (χ2v) is 11.0. The summed E-state index contributed by atoms with van der Waals surface area (Å²) in [7, 11) is 0. The molecule has 0 fully saturated rings. The number of hydrogen-bond acceptors (Lipinski definition) is 5. The van der Waals surface area contributed by atoms with Gasteiger partial charge in [0.05, 0.1) is 23.3 Å². The van der Waals surface area contributed by atoms with Gasteiger partial charge >= 0.3 is 0 Å². The minimum Gasteiger partial charge on any atom is -0.370 e. The SMILES string of the molecule is Cc1cccc(-n2c(SCC=Cc3ccccc3)nc3sc4c(c3c2=O)CC(C)(C)OC4)c1. The first-order valence-corrected chi connectivity index (χ1v) is 12.8. The molecule has 0 aliphatic carbocycles. The second-order valence-electron chi connectivity index (χ2n) is 8.91. The normalized spacial score (nSPS) is 15.2. The molecule has 0 radical (unpaired) electrons. The highest BCUT2D eigenvalue weighted by molar-refractivity contribution is 7.99. The van der Waals surface area contributed by atoms with Crippen molar-refractivity contribution in [3.05, 3.63) is 92.6 Å². The van der Waals surface area contributed by atoms with Crippen molar-refractivity contribution in [3.63, 3.8) is 0 Å². The fourth-order valence-corrected chi connectivity index (χ4v) is 6.10. The molecule has 4 aromatic rings. The standard InChI is InChI=1S/C27H26N2O2S2/c1-18-9-7-13-20(15-18)29-25(30)23-21-16-27(2,3)31-17-22(21)33-24(23)28-26(29)32-14-8-12-19-10-5-4-6-11-19/h4-13,15H,14,16-17H2,1-3H3. The van der Waals surface area contributed by atoms with Crippen LogP contribution in [0.25, 0.3) is 22.0 Å². The Morgan fingerprint density at radius 3 is 2.79 bits per heavy atom. The van der Waals surface area contributed by atoms with E-state index in [9.17, 15) is 4.79 Å². The van der Waals surface area contributed by atoms with Gasteiger partial charge in [0.1, 0.15) is 4.83 Å². The van der Waals surface area contributed by atoms with Crippen LogP contribution in [0.4, 0.5) is 0 Å². The lowest BCUT2D eigenvalue weighted by Gasteiger charge is -2.29. The van der Waals surface area contributed by atoms with Crippen LogP contribution in [0, 0.1) is 6.92 Å². The summed E-state index contributed by atoms with van der Waals surface area (Å²) in [6.07, 6.45) is 4.94. The summed E-state index contributed by atoms with van der Waals surface area (Å²) >= 11 is 3.17. The van der Waals surface area contributed by atoms with Crippen LogP contribution in [0.2, 0.25) is 0 Å². The van der Waals surface area contributed by atoms with E-state index in [4.69, 9.17) is 9.72 Å². The van der Waals surface area contributed by atoms with Gasteiger partial charge in [-0.3, -0.25) is 9.36 Å². The van der Waals surface area contributed by atoms with Crippen molar-refractivity contribution in [2.45, 2.75) is 44.6 Å². The lowest BCUT2D eigenvalue weighted by Crippen LogP contribution is -2.32. The van der Waals surface area contributed by atoms with Crippen molar-refractivity contribution < 1.29 is 4.74 Å². The molecule has 0 unspecified atom stereocenters. The van der Waals surface area contributed by atoms with Gasteiger partial charge in [0.15, 0.2) is 5.16 Å². The maximum Gasteiger partial charge on any atom is 0.267 e. The van der Waals surface area contributed by atoms with E-state index in [0.717, 1.165) is 54.8 Å². The van der Waals surface area contributed by atoms with Gasteiger partial charge < -0.3 is 4.74 Å². The van der Waals surface area contributed by atoms with Gasteiger partial charge in [0.25, 0.3) is 5.56 Å². The van der Waals surface area contributed by atoms with E-state index >= 15 is 0 Å². The van der Waals surface area contributed by atoms with Gasteiger partial charge in [0.2, 0.25) is 0 Å². The van der Waals surface area contributed by atoms with Crippen LogP contribution in [-0.4, -0.2) is 20.9 Å². The molecular formula is C27H26N2O2S2. The first-order chi connectivity index (χ1) is 15.9. The Hall–Kier alpha value is -2.67. The number of fused-ring (bicyclic) bond motifs is 3. The third-order valence-electron chi connectivity index (χ3n) is 5.75. The zero-order valence-corrected chi connectivity index (χ0v) is 20.6. The van der Waals surface area contributed by atoms with Crippen molar-refractivity contribution in [1.82, 2.24) is 9.55 Å². The van der Waals surface area contributed by atoms with Gasteiger partial charge in [-0.15, -0.1) is 11.3 Å². The lowest BCUT2D eigenvalue weighted by atomic mass is 9.94. The topological polar surface area (TPSA) is 44.1 Å². The molecule has 0 bridgehead atoms. The van der Waals surface area contributed by atoms with Gasteiger partial charge in [-0.25, -0.2) is 4.98 Å². The summed E-state index contributed by atoms with van der Waals surface area (Å²) in [5, 5.41) is 1.46. The van der Waals surface area contributed by atoms with Crippen LogP contribution < -0.4 is 5.56 Å².